The molecule has 0 amide bonds. The number of rotatable bonds is 0. The van der Waals surface area contributed by atoms with Gasteiger partial charge >= 0.3 is 88.8 Å². The Morgan fingerprint density at radius 2 is 0.500 bits per heavy atom. The Balaban J connectivity index is -0.0000000457. The van der Waals surface area contributed by atoms with Crippen LogP contribution in [0.4, 0.5) is 0 Å². The maximum atomic E-state index is 7.38. The molecule has 0 fully saturated rings. The Morgan fingerprint density at radius 3 is 0.500 bits per heavy atom. The number of hydrogen-bond acceptors (Lipinski definition) is 8. The van der Waals surface area contributed by atoms with Crippen LogP contribution in [0.2, 0.25) is 0 Å². The monoisotopic (exact) mass is 288 g/mol. The second kappa shape index (κ2) is 9.94. The molecule has 0 aliphatic rings. The Labute approximate surface area is 105 Å². The number of hydrogen-bond donors (Lipinski definition) is 8. The maximum absolute atomic E-state index is 7.38. The summed E-state index contributed by atoms with van der Waals surface area (Å²) in [5.41, 5.74) is 0. The summed E-state index contributed by atoms with van der Waals surface area (Å²) < 4.78 is 59.0. The molecule has 0 radical (unpaired) electrons. The van der Waals surface area contributed by atoms with Crippen LogP contribution in [0.3, 0.4) is 0 Å². The van der Waals surface area contributed by atoms with Crippen LogP contribution in [0.15, 0.2) is 0 Å². The van der Waals surface area contributed by atoms with Crippen LogP contribution in [-0.2, 0) is 36.3 Å². The van der Waals surface area contributed by atoms with Crippen LogP contribution in [0, 0.1) is 0 Å². The fraction of sp³-hybridized carbons (Fsp3) is 0. The molecule has 0 aromatic carbocycles. The van der Waals surface area contributed by atoms with Crippen molar-refractivity contribution in [2.24, 2.45) is 0 Å². The van der Waals surface area contributed by atoms with Crippen molar-refractivity contribution in [3.63, 3.8) is 0 Å². The predicted molar refractivity (Wildman–Crippen MR) is 36.2 cm³/mol. The molecule has 12 heteroatoms. The van der Waals surface area contributed by atoms with E-state index in [2.05, 4.69) is 0 Å². The molecule has 12 heavy (non-hydrogen) atoms. The predicted octanol–water partition coefficient (Wildman–Crippen LogP) is -6.56. The van der Waals surface area contributed by atoms with Crippen molar-refractivity contribution >= 4 is 40.4 Å². The van der Waals surface area contributed by atoms with Gasteiger partial charge in [-0.25, -0.2) is 0 Å². The first-order chi connectivity index (χ1) is 4.00. The second-order valence-corrected chi connectivity index (χ2v) is 4.95. The first-order valence-corrected chi connectivity index (χ1v) is 7.38. The van der Waals surface area contributed by atoms with Gasteiger partial charge in [0.05, 0.1) is 0 Å². The third-order valence-electron chi connectivity index (χ3n) is 0. The van der Waals surface area contributed by atoms with Crippen LogP contribution in [0.1, 0.15) is 0 Å². The van der Waals surface area contributed by atoms with Crippen molar-refractivity contribution in [3.8, 4) is 0 Å². The van der Waals surface area contributed by atoms with Crippen molar-refractivity contribution in [1.82, 2.24) is 0 Å². The van der Waals surface area contributed by atoms with Gasteiger partial charge < -0.3 is 0 Å². The van der Waals surface area contributed by atoms with Gasteiger partial charge in [0.15, 0.2) is 17.4 Å². The third kappa shape index (κ3) is 279. The van der Waals surface area contributed by atoms with Gasteiger partial charge in [0, 0.05) is 0 Å². The Kier molecular flexibility index (Phi) is 19.8. The van der Waals surface area contributed by atoms with Gasteiger partial charge in [-0.05, 0) is 0 Å². The van der Waals surface area contributed by atoms with E-state index in [9.17, 15) is 0 Å². The zero-order chi connectivity index (χ0) is 9.00. The van der Waals surface area contributed by atoms with Crippen molar-refractivity contribution in [2.75, 3.05) is 0 Å². The van der Waals surface area contributed by atoms with Crippen LogP contribution < -0.4 is 0 Å². The molecule has 0 aliphatic heterocycles. The Bertz CT molecular complexity index is 60.0. The van der Waals surface area contributed by atoms with Gasteiger partial charge in [0.25, 0.3) is 0 Å². The van der Waals surface area contributed by atoms with E-state index in [1.807, 2.05) is 0 Å². The SMILES string of the molecule is [AlH3].[MgH2].[OH][Ti]([OH])([OH])[OH].[OH][Ti]([OH])([OH])[OH]. The molecular weight excluding hydrogens is 275 g/mol. The second-order valence-electron chi connectivity index (χ2n) is 1.20. The molecule has 0 aromatic heterocycles. The average molecular weight is 288 g/mol. The van der Waals surface area contributed by atoms with Crippen LogP contribution in [0.5, 0.6) is 0 Å². The van der Waals surface area contributed by atoms with Gasteiger partial charge in [-0.2, -0.15) is 0 Å². The molecule has 0 bridgehead atoms. The first-order valence-electron chi connectivity index (χ1n) is 1.79. The van der Waals surface area contributed by atoms with Gasteiger partial charge in [0.1, 0.15) is 0 Å². The molecule has 74 valence electrons. The fourth-order valence-corrected chi connectivity index (χ4v) is 0. The van der Waals surface area contributed by atoms with E-state index in [-0.39, 0.29) is 40.4 Å². The zero-order valence-electron chi connectivity index (χ0n) is 4.58. The van der Waals surface area contributed by atoms with Gasteiger partial charge in [-0.1, -0.05) is 0 Å². The molecule has 8 nitrogen and oxygen atoms in total. The first kappa shape index (κ1) is 23.9. The normalized spacial score (nSPS) is 10.0. The molecule has 0 aliphatic carbocycles. The standard InChI is InChI=1S/Al.Mg.8H2O.2Ti.5H/h;;8*1H2;;;;;;;/q;;;;;;;;;;2*+4;;;;;/p-8. The summed E-state index contributed by atoms with van der Waals surface area (Å²) in [4.78, 5) is 0. The van der Waals surface area contributed by atoms with E-state index in [1.165, 1.54) is 0 Å². The summed E-state index contributed by atoms with van der Waals surface area (Å²) in [5, 5.41) is 0. The molecule has 0 saturated carbocycles. The fourth-order valence-electron chi connectivity index (χ4n) is 0. The van der Waals surface area contributed by atoms with Gasteiger partial charge in [-0.15, -0.1) is 0 Å². The van der Waals surface area contributed by atoms with E-state index in [4.69, 9.17) is 29.5 Å². The summed E-state index contributed by atoms with van der Waals surface area (Å²) in [6, 6.07) is 0. The Morgan fingerprint density at radius 1 is 0.500 bits per heavy atom. The molecule has 0 aromatic rings. The summed E-state index contributed by atoms with van der Waals surface area (Å²) in [6.07, 6.45) is 0. The minimum atomic E-state index is -5.00. The molecular formula is H13AlMgO8Ti2. The molecule has 0 heterocycles. The molecule has 0 atom stereocenters. The average Bonchev–Trinajstić information content (AvgIpc) is 1.12. The van der Waals surface area contributed by atoms with Gasteiger partial charge in [-0.3, -0.25) is 0 Å². The van der Waals surface area contributed by atoms with Gasteiger partial charge in [0.2, 0.25) is 0 Å². The summed E-state index contributed by atoms with van der Waals surface area (Å²) in [6.45, 7) is 0. The van der Waals surface area contributed by atoms with E-state index in [0.29, 0.717) is 0 Å². The van der Waals surface area contributed by atoms with E-state index >= 15 is 0 Å². The molecule has 0 saturated heterocycles. The van der Waals surface area contributed by atoms with E-state index in [1.54, 1.807) is 0 Å². The summed E-state index contributed by atoms with van der Waals surface area (Å²) in [5.74, 6) is 0. The van der Waals surface area contributed by atoms with Crippen molar-refractivity contribution in [1.29, 1.82) is 0 Å². The van der Waals surface area contributed by atoms with Crippen LogP contribution in [0.25, 0.3) is 0 Å². The molecule has 8 N–H and O–H groups in total. The summed E-state index contributed by atoms with van der Waals surface area (Å²) in [7, 11) is 0. The molecule has 0 unspecified atom stereocenters. The summed E-state index contributed by atoms with van der Waals surface area (Å²) >= 11 is -10.0. The quantitative estimate of drug-likeness (QED) is 0.204. The minimum absolute atomic E-state index is 0. The van der Waals surface area contributed by atoms with E-state index in [0.717, 1.165) is 0 Å². The van der Waals surface area contributed by atoms with Crippen molar-refractivity contribution in [3.05, 3.63) is 0 Å². The molecule has 0 rings (SSSR count). The Hall–Kier alpha value is 2.41. The van der Waals surface area contributed by atoms with Crippen LogP contribution in [-0.4, -0.2) is 69.9 Å². The third-order valence-corrected chi connectivity index (χ3v) is 0. The topological polar surface area (TPSA) is 162 Å². The van der Waals surface area contributed by atoms with Crippen LogP contribution >= 0.6 is 0 Å². The van der Waals surface area contributed by atoms with Crippen molar-refractivity contribution in [2.45, 2.75) is 0 Å². The molecule has 0 spiro atoms. The van der Waals surface area contributed by atoms with E-state index < -0.39 is 36.3 Å². The zero-order valence-corrected chi connectivity index (χ0v) is 7.70. The van der Waals surface area contributed by atoms with Crippen molar-refractivity contribution < 1.29 is 65.8 Å².